The zero-order valence-corrected chi connectivity index (χ0v) is 20.7. The molecule has 1 amide bonds. The van der Waals surface area contributed by atoms with Crippen LogP contribution in [0.2, 0.25) is 20.1 Å². The average Bonchev–Trinajstić information content (AvgIpc) is 3.47. The number of furan rings is 1. The molecule has 0 aliphatic carbocycles. The van der Waals surface area contributed by atoms with Gasteiger partial charge in [0.15, 0.2) is 5.58 Å². The average molecular weight is 544 g/mol. The molecule has 9 heteroatoms. The van der Waals surface area contributed by atoms with Crippen molar-refractivity contribution in [3.05, 3.63) is 98.7 Å². The second-order valence-electron chi connectivity index (χ2n) is 7.46. The predicted molar refractivity (Wildman–Crippen MR) is 141 cm³/mol. The van der Waals surface area contributed by atoms with Gasteiger partial charge in [-0.15, -0.1) is 0 Å². The minimum absolute atomic E-state index is 0.320. The molecule has 174 valence electrons. The highest BCUT2D eigenvalue weighted by atomic mass is 35.5. The molecule has 0 fully saturated rings. The van der Waals surface area contributed by atoms with Crippen molar-refractivity contribution in [2.24, 2.45) is 0 Å². The van der Waals surface area contributed by atoms with Crippen LogP contribution in [0.5, 0.6) is 0 Å². The number of amides is 1. The van der Waals surface area contributed by atoms with Crippen molar-refractivity contribution in [3.63, 3.8) is 0 Å². The van der Waals surface area contributed by atoms with E-state index in [1.54, 1.807) is 66.7 Å². The Hall–Kier alpha value is -3.22. The second kappa shape index (κ2) is 9.80. The summed E-state index contributed by atoms with van der Waals surface area (Å²) in [6.07, 6.45) is 2.95. The SMILES string of the molecule is O=C(C=Cc1ccc(-c2cccc(Cl)c2Cl)o1)Nc1ccc(-c2nc3cc(Cl)cc(Cl)c3o2)cc1. The van der Waals surface area contributed by atoms with Gasteiger partial charge in [-0.25, -0.2) is 4.98 Å². The first-order chi connectivity index (χ1) is 16.9. The van der Waals surface area contributed by atoms with Gasteiger partial charge in [-0.3, -0.25) is 4.79 Å². The lowest BCUT2D eigenvalue weighted by molar-refractivity contribution is -0.111. The Labute approximate surface area is 219 Å². The zero-order chi connectivity index (χ0) is 24.5. The molecule has 0 aliphatic rings. The number of benzene rings is 3. The van der Waals surface area contributed by atoms with Crippen molar-refractivity contribution >= 4 is 75.2 Å². The van der Waals surface area contributed by atoms with Crippen LogP contribution in [-0.4, -0.2) is 10.9 Å². The van der Waals surface area contributed by atoms with Gasteiger partial charge in [0.05, 0.1) is 15.1 Å². The number of oxazole rings is 1. The van der Waals surface area contributed by atoms with Gasteiger partial charge in [0, 0.05) is 27.9 Å². The smallest absolute Gasteiger partial charge is 0.248 e. The van der Waals surface area contributed by atoms with Crippen LogP contribution in [-0.2, 0) is 4.79 Å². The summed E-state index contributed by atoms with van der Waals surface area (Å²) in [6, 6.07) is 19.1. The Kier molecular flexibility index (Phi) is 6.58. The number of nitrogens with one attached hydrogen (secondary N) is 1. The highest BCUT2D eigenvalue weighted by molar-refractivity contribution is 6.43. The molecule has 0 radical (unpaired) electrons. The Morgan fingerprint density at radius 1 is 0.886 bits per heavy atom. The van der Waals surface area contributed by atoms with E-state index in [1.807, 2.05) is 6.07 Å². The maximum Gasteiger partial charge on any atom is 0.248 e. The Morgan fingerprint density at radius 3 is 2.49 bits per heavy atom. The normalized spacial score (nSPS) is 11.4. The molecule has 5 nitrogen and oxygen atoms in total. The summed E-state index contributed by atoms with van der Waals surface area (Å²) in [5.41, 5.74) is 3.04. The maximum atomic E-state index is 12.4. The predicted octanol–water partition coefficient (Wildman–Crippen LogP) is 9.02. The fourth-order valence-corrected chi connectivity index (χ4v) is 4.32. The van der Waals surface area contributed by atoms with Gasteiger partial charge in [0.25, 0.3) is 0 Å². The van der Waals surface area contributed by atoms with Crippen molar-refractivity contribution in [1.29, 1.82) is 0 Å². The fourth-order valence-electron chi connectivity index (χ4n) is 3.40. The van der Waals surface area contributed by atoms with E-state index in [1.165, 1.54) is 6.08 Å². The van der Waals surface area contributed by atoms with E-state index in [4.69, 9.17) is 55.2 Å². The summed E-state index contributed by atoms with van der Waals surface area (Å²) in [5.74, 6) is 1.13. The number of aromatic nitrogens is 1. The third kappa shape index (κ3) is 5.09. The van der Waals surface area contributed by atoms with E-state index in [-0.39, 0.29) is 5.91 Å². The molecule has 35 heavy (non-hydrogen) atoms. The minimum atomic E-state index is -0.320. The highest BCUT2D eigenvalue weighted by Gasteiger charge is 2.13. The number of anilines is 1. The van der Waals surface area contributed by atoms with Crippen LogP contribution in [0.3, 0.4) is 0 Å². The lowest BCUT2D eigenvalue weighted by Crippen LogP contribution is -2.07. The monoisotopic (exact) mass is 542 g/mol. The number of halogens is 4. The lowest BCUT2D eigenvalue weighted by atomic mass is 10.2. The van der Waals surface area contributed by atoms with E-state index in [0.717, 1.165) is 5.56 Å². The van der Waals surface area contributed by atoms with Crippen LogP contribution < -0.4 is 5.32 Å². The second-order valence-corrected chi connectivity index (χ2v) is 9.09. The largest absolute Gasteiger partial charge is 0.457 e. The van der Waals surface area contributed by atoms with Gasteiger partial charge in [0.2, 0.25) is 11.8 Å². The third-order valence-corrected chi connectivity index (χ3v) is 6.37. The van der Waals surface area contributed by atoms with Gasteiger partial charge in [-0.2, -0.15) is 0 Å². The van der Waals surface area contributed by atoms with E-state index in [2.05, 4.69) is 10.3 Å². The molecule has 5 rings (SSSR count). The molecule has 0 saturated heterocycles. The molecule has 0 spiro atoms. The number of carbonyl (C=O) groups excluding carboxylic acids is 1. The van der Waals surface area contributed by atoms with Crippen LogP contribution in [0.1, 0.15) is 5.76 Å². The number of fused-ring (bicyclic) bond motifs is 1. The summed E-state index contributed by atoms with van der Waals surface area (Å²) in [6.45, 7) is 0. The standard InChI is InChI=1S/C26H14Cl4N2O3/c27-15-12-20(29)25-21(13-15)32-26(35-25)14-4-6-16(7-5-14)31-23(33)11-9-17-8-10-22(34-17)18-2-1-3-19(28)24(18)30/h1-13H,(H,31,33). The van der Waals surface area contributed by atoms with Crippen LogP contribution in [0.4, 0.5) is 5.69 Å². The summed E-state index contributed by atoms with van der Waals surface area (Å²) < 4.78 is 11.5. The molecule has 1 N–H and O–H groups in total. The number of nitrogens with zero attached hydrogens (tertiary/aromatic N) is 1. The third-order valence-electron chi connectivity index (χ3n) is 5.05. The molecular weight excluding hydrogens is 530 g/mol. The highest BCUT2D eigenvalue weighted by Crippen LogP contribution is 2.35. The summed E-state index contributed by atoms with van der Waals surface area (Å²) in [5, 5.41) is 4.51. The van der Waals surface area contributed by atoms with Gasteiger partial charge < -0.3 is 14.2 Å². The van der Waals surface area contributed by atoms with E-state index < -0.39 is 0 Å². The van der Waals surface area contributed by atoms with Crippen LogP contribution in [0.15, 0.2) is 81.6 Å². The molecule has 0 saturated carbocycles. The van der Waals surface area contributed by atoms with Crippen molar-refractivity contribution < 1.29 is 13.6 Å². The molecule has 0 atom stereocenters. The van der Waals surface area contributed by atoms with E-state index in [0.29, 0.717) is 59.9 Å². The Bertz CT molecular complexity index is 1590. The van der Waals surface area contributed by atoms with E-state index >= 15 is 0 Å². The van der Waals surface area contributed by atoms with Gasteiger partial charge in [-0.1, -0.05) is 52.5 Å². The Balaban J connectivity index is 1.26. The Morgan fingerprint density at radius 2 is 1.69 bits per heavy atom. The van der Waals surface area contributed by atoms with Gasteiger partial charge >= 0.3 is 0 Å². The number of hydrogen-bond donors (Lipinski definition) is 1. The molecular formula is C26H14Cl4N2O3. The summed E-state index contributed by atoms with van der Waals surface area (Å²) >= 11 is 24.5. The van der Waals surface area contributed by atoms with Crippen LogP contribution >= 0.6 is 46.4 Å². The van der Waals surface area contributed by atoms with Crippen molar-refractivity contribution in [3.8, 4) is 22.8 Å². The van der Waals surface area contributed by atoms with Crippen LogP contribution in [0, 0.1) is 0 Å². The molecule has 0 aliphatic heterocycles. The topological polar surface area (TPSA) is 68.3 Å². The number of rotatable bonds is 5. The summed E-state index contributed by atoms with van der Waals surface area (Å²) in [7, 11) is 0. The first-order valence-electron chi connectivity index (χ1n) is 10.3. The van der Waals surface area contributed by atoms with Crippen molar-refractivity contribution in [2.45, 2.75) is 0 Å². The quantitative estimate of drug-likeness (QED) is 0.224. The van der Waals surface area contributed by atoms with Crippen molar-refractivity contribution in [2.75, 3.05) is 5.32 Å². The molecule has 2 heterocycles. The lowest BCUT2D eigenvalue weighted by Gasteiger charge is -2.03. The maximum absolute atomic E-state index is 12.4. The number of carbonyl (C=O) groups is 1. The van der Waals surface area contributed by atoms with Gasteiger partial charge in [-0.05, 0) is 66.7 Å². The molecule has 0 bridgehead atoms. The molecule has 0 unspecified atom stereocenters. The first kappa shape index (κ1) is 23.5. The zero-order valence-electron chi connectivity index (χ0n) is 17.7. The first-order valence-corrected chi connectivity index (χ1v) is 11.8. The van der Waals surface area contributed by atoms with Crippen molar-refractivity contribution in [1.82, 2.24) is 4.98 Å². The van der Waals surface area contributed by atoms with Gasteiger partial charge in [0.1, 0.15) is 17.0 Å². The van der Waals surface area contributed by atoms with Crippen LogP contribution in [0.25, 0.3) is 40.0 Å². The number of hydrogen-bond acceptors (Lipinski definition) is 4. The molecule has 2 aromatic heterocycles. The minimum Gasteiger partial charge on any atom is -0.457 e. The fraction of sp³-hybridized carbons (Fsp3) is 0. The molecule has 3 aromatic carbocycles. The van der Waals surface area contributed by atoms with E-state index in [9.17, 15) is 4.79 Å². The summed E-state index contributed by atoms with van der Waals surface area (Å²) in [4.78, 5) is 16.8. The molecule has 5 aromatic rings.